The minimum absolute atomic E-state index is 0.116. The van der Waals surface area contributed by atoms with Crippen LogP contribution in [0.25, 0.3) is 11.0 Å². The van der Waals surface area contributed by atoms with Crippen molar-refractivity contribution in [1.29, 1.82) is 0 Å². The van der Waals surface area contributed by atoms with Crippen molar-refractivity contribution < 1.29 is 39.1 Å². The second-order valence-corrected chi connectivity index (χ2v) is 9.80. The number of hydrogen-bond donors (Lipinski definition) is 4. The summed E-state index contributed by atoms with van der Waals surface area (Å²) >= 11 is 0. The van der Waals surface area contributed by atoms with E-state index in [9.17, 15) is 25.2 Å². The molecular weight excluding hydrogens is 432 g/mol. The van der Waals surface area contributed by atoms with Crippen molar-refractivity contribution in [3.63, 3.8) is 0 Å². The highest BCUT2D eigenvalue weighted by atomic mass is 16.7. The number of rotatable bonds is 3. The molecule has 1 aliphatic carbocycles. The van der Waals surface area contributed by atoms with Gasteiger partial charge in [0.15, 0.2) is 11.3 Å². The van der Waals surface area contributed by atoms with E-state index in [1.165, 1.54) is 0 Å². The Labute approximate surface area is 190 Å². The van der Waals surface area contributed by atoms with E-state index in [-0.39, 0.29) is 11.3 Å². The fraction of sp³-hybridized carbons (Fsp3) is 0.625. The standard InChI is InChI=1S/C24H30O9/c1-24(2)8-7-11-9-14-12-5-3-4-6-13(12)22(29)31-20(14)21(19(11)33-24)32-23-18(28)17(27)16(26)15(10-25)30-23/h9,15-18,23,25-28H,3-8,10H2,1-2H3/t15-,16+,17+,18-,23+/m1/s1. The lowest BCUT2D eigenvalue weighted by Crippen LogP contribution is -2.60. The van der Waals surface area contributed by atoms with Gasteiger partial charge in [-0.15, -0.1) is 0 Å². The van der Waals surface area contributed by atoms with Crippen LogP contribution in [0, 0.1) is 0 Å². The summed E-state index contributed by atoms with van der Waals surface area (Å²) in [5, 5.41) is 41.2. The molecule has 0 saturated carbocycles. The molecule has 2 aliphatic heterocycles. The number of ether oxygens (including phenoxy) is 3. The van der Waals surface area contributed by atoms with Crippen molar-refractivity contribution in [2.75, 3.05) is 6.61 Å². The van der Waals surface area contributed by atoms with Gasteiger partial charge >= 0.3 is 5.63 Å². The van der Waals surface area contributed by atoms with Gasteiger partial charge in [-0.3, -0.25) is 0 Å². The molecule has 5 atom stereocenters. The van der Waals surface area contributed by atoms with Crippen LogP contribution in [0.4, 0.5) is 0 Å². The average Bonchev–Trinajstić information content (AvgIpc) is 2.79. The number of aliphatic hydroxyl groups is 4. The smallest absolute Gasteiger partial charge is 0.339 e. The summed E-state index contributed by atoms with van der Waals surface area (Å²) in [7, 11) is 0. The van der Waals surface area contributed by atoms with Gasteiger partial charge in [0.25, 0.3) is 0 Å². The van der Waals surface area contributed by atoms with Gasteiger partial charge in [0, 0.05) is 10.9 Å². The normalized spacial score (nSPS) is 30.9. The number of aryl methyl sites for hydroxylation is 2. The molecule has 1 aromatic carbocycles. The van der Waals surface area contributed by atoms with Crippen LogP contribution >= 0.6 is 0 Å². The second kappa shape index (κ2) is 8.25. The molecule has 1 aromatic heterocycles. The molecule has 2 aromatic rings. The van der Waals surface area contributed by atoms with Gasteiger partial charge in [0.2, 0.25) is 12.0 Å². The molecule has 4 N–H and O–H groups in total. The van der Waals surface area contributed by atoms with Crippen LogP contribution < -0.4 is 15.1 Å². The molecule has 180 valence electrons. The zero-order valence-corrected chi connectivity index (χ0v) is 18.7. The minimum atomic E-state index is -1.60. The van der Waals surface area contributed by atoms with Gasteiger partial charge in [0.05, 0.1) is 6.61 Å². The number of fused-ring (bicyclic) bond motifs is 4. The molecule has 0 radical (unpaired) electrons. The Bertz CT molecular complexity index is 1120. The summed E-state index contributed by atoms with van der Waals surface area (Å²) in [4.78, 5) is 12.8. The summed E-state index contributed by atoms with van der Waals surface area (Å²) in [5.74, 6) is 0.514. The molecule has 1 saturated heterocycles. The van der Waals surface area contributed by atoms with Crippen molar-refractivity contribution in [1.82, 2.24) is 0 Å². The fourth-order valence-corrected chi connectivity index (χ4v) is 5.03. The van der Waals surface area contributed by atoms with Gasteiger partial charge in [-0.2, -0.15) is 0 Å². The Hall–Kier alpha value is -2.17. The van der Waals surface area contributed by atoms with Crippen molar-refractivity contribution >= 4 is 11.0 Å². The third-order valence-corrected chi connectivity index (χ3v) is 6.96. The van der Waals surface area contributed by atoms with Crippen LogP contribution in [0.5, 0.6) is 11.5 Å². The number of aliphatic hydroxyl groups excluding tert-OH is 4. The summed E-state index contributed by atoms with van der Waals surface area (Å²) in [6.07, 6.45) is -2.44. The van der Waals surface area contributed by atoms with Crippen LogP contribution in [-0.2, 0) is 24.0 Å². The van der Waals surface area contributed by atoms with Crippen LogP contribution in [0.1, 0.15) is 49.8 Å². The van der Waals surface area contributed by atoms with Crippen LogP contribution in [0.2, 0.25) is 0 Å². The molecule has 1 fully saturated rings. The van der Waals surface area contributed by atoms with Gasteiger partial charge in [0.1, 0.15) is 30.0 Å². The maximum absolute atomic E-state index is 12.8. The average molecular weight is 462 g/mol. The minimum Gasteiger partial charge on any atom is -0.484 e. The van der Waals surface area contributed by atoms with E-state index in [4.69, 9.17) is 18.6 Å². The Morgan fingerprint density at radius 2 is 1.79 bits per heavy atom. The highest BCUT2D eigenvalue weighted by molar-refractivity contribution is 5.90. The van der Waals surface area contributed by atoms with Crippen molar-refractivity contribution in [3.8, 4) is 11.5 Å². The highest BCUT2D eigenvalue weighted by Crippen LogP contribution is 2.47. The first-order valence-electron chi connectivity index (χ1n) is 11.5. The second-order valence-electron chi connectivity index (χ2n) is 9.80. The van der Waals surface area contributed by atoms with E-state index in [1.54, 1.807) is 0 Å². The van der Waals surface area contributed by atoms with E-state index in [1.807, 2.05) is 19.9 Å². The van der Waals surface area contributed by atoms with Crippen molar-refractivity contribution in [3.05, 3.63) is 33.2 Å². The summed E-state index contributed by atoms with van der Waals surface area (Å²) in [6.45, 7) is 3.31. The van der Waals surface area contributed by atoms with Crippen molar-refractivity contribution in [2.24, 2.45) is 0 Å². The lowest BCUT2D eigenvalue weighted by atomic mass is 9.88. The number of benzene rings is 1. The molecular formula is C24H30O9. The van der Waals surface area contributed by atoms with Gasteiger partial charge < -0.3 is 39.1 Å². The molecule has 0 spiro atoms. The topological polar surface area (TPSA) is 139 Å². The molecule has 5 rings (SSSR count). The van der Waals surface area contributed by atoms with Crippen LogP contribution in [-0.4, -0.2) is 63.3 Å². The largest absolute Gasteiger partial charge is 0.484 e. The molecule has 33 heavy (non-hydrogen) atoms. The van der Waals surface area contributed by atoms with E-state index in [0.29, 0.717) is 17.7 Å². The Kier molecular flexibility index (Phi) is 5.65. The number of hydrogen-bond acceptors (Lipinski definition) is 9. The summed E-state index contributed by atoms with van der Waals surface area (Å²) in [6, 6.07) is 1.99. The van der Waals surface area contributed by atoms with Gasteiger partial charge in [-0.05, 0) is 69.6 Å². The van der Waals surface area contributed by atoms with Gasteiger partial charge in [-0.25, -0.2) is 4.79 Å². The van der Waals surface area contributed by atoms with Crippen LogP contribution in [0.15, 0.2) is 15.3 Å². The Balaban J connectivity index is 1.68. The van der Waals surface area contributed by atoms with Crippen molar-refractivity contribution in [2.45, 2.75) is 88.7 Å². The van der Waals surface area contributed by atoms with E-state index < -0.39 is 48.5 Å². The van der Waals surface area contributed by atoms with Crippen LogP contribution in [0.3, 0.4) is 0 Å². The molecule has 9 heteroatoms. The molecule has 0 unspecified atom stereocenters. The molecule has 9 nitrogen and oxygen atoms in total. The first kappa shape index (κ1) is 22.6. The molecule has 0 bridgehead atoms. The maximum Gasteiger partial charge on any atom is 0.339 e. The quantitative estimate of drug-likeness (QED) is 0.491. The zero-order valence-electron chi connectivity index (χ0n) is 18.7. The molecule has 0 amide bonds. The predicted octanol–water partition coefficient (Wildman–Crippen LogP) is 0.954. The lowest BCUT2D eigenvalue weighted by Gasteiger charge is -2.40. The predicted molar refractivity (Wildman–Crippen MR) is 117 cm³/mol. The Morgan fingerprint density at radius 1 is 1.06 bits per heavy atom. The lowest BCUT2D eigenvalue weighted by molar-refractivity contribution is -0.277. The molecule has 3 aliphatic rings. The molecule has 3 heterocycles. The third-order valence-electron chi connectivity index (χ3n) is 6.96. The SMILES string of the molecule is CC1(C)CCc2cc3c4c(c(=O)oc3c(O[C@@H]3O[C@H](CO)[C@H](O)[C@H](O)[C@H]3O)c2O1)CCCC4. The summed E-state index contributed by atoms with van der Waals surface area (Å²) < 4.78 is 23.6. The maximum atomic E-state index is 12.8. The van der Waals surface area contributed by atoms with E-state index in [0.717, 1.165) is 48.6 Å². The first-order chi connectivity index (χ1) is 15.7. The van der Waals surface area contributed by atoms with Gasteiger partial charge in [-0.1, -0.05) is 0 Å². The zero-order chi connectivity index (χ0) is 23.5. The third kappa shape index (κ3) is 3.81. The fourth-order valence-electron chi connectivity index (χ4n) is 5.03. The van der Waals surface area contributed by atoms with E-state index in [2.05, 4.69) is 0 Å². The summed E-state index contributed by atoms with van der Waals surface area (Å²) in [5.41, 5.74) is 1.80. The monoisotopic (exact) mass is 462 g/mol. The first-order valence-corrected chi connectivity index (χ1v) is 11.5. The van der Waals surface area contributed by atoms with E-state index >= 15 is 0 Å². The highest BCUT2D eigenvalue weighted by Gasteiger charge is 2.46. The Morgan fingerprint density at radius 3 is 2.52 bits per heavy atom.